The van der Waals surface area contributed by atoms with Crippen LogP contribution in [0.4, 0.5) is 0 Å². The van der Waals surface area contributed by atoms with Crippen LogP contribution in [0.15, 0.2) is 66.7 Å². The van der Waals surface area contributed by atoms with Crippen LogP contribution in [-0.4, -0.2) is 22.8 Å². The Hall–Kier alpha value is -3.15. The summed E-state index contributed by atoms with van der Waals surface area (Å²) < 4.78 is 0. The highest BCUT2D eigenvalue weighted by atomic mass is 35.5. The van der Waals surface area contributed by atoms with Gasteiger partial charge in [0.05, 0.1) is 16.6 Å². The summed E-state index contributed by atoms with van der Waals surface area (Å²) >= 11 is 12.2. The second-order valence-electron chi connectivity index (χ2n) is 6.89. The number of benzene rings is 3. The maximum Gasteiger partial charge on any atom is 0.253 e. The zero-order chi connectivity index (χ0) is 21.3. The van der Waals surface area contributed by atoms with Crippen molar-refractivity contribution in [1.82, 2.24) is 10.3 Å². The van der Waals surface area contributed by atoms with E-state index in [1.807, 2.05) is 48.5 Å². The summed E-state index contributed by atoms with van der Waals surface area (Å²) in [6, 6.07) is 18.8. The molecule has 1 atom stereocenters. The Morgan fingerprint density at radius 1 is 0.933 bits per heavy atom. The second-order valence-corrected chi connectivity index (χ2v) is 7.73. The van der Waals surface area contributed by atoms with Crippen molar-refractivity contribution in [1.29, 1.82) is 0 Å². The van der Waals surface area contributed by atoms with Crippen molar-refractivity contribution in [3.8, 4) is 0 Å². The van der Waals surface area contributed by atoms with Crippen molar-refractivity contribution in [3.63, 3.8) is 0 Å². The fraction of sp³-hybridized carbons (Fsp3) is 0.0870. The molecular formula is C23H17Cl2N3O2. The lowest BCUT2D eigenvalue weighted by Crippen LogP contribution is -2.46. The van der Waals surface area contributed by atoms with Crippen LogP contribution in [0.1, 0.15) is 15.9 Å². The van der Waals surface area contributed by atoms with Crippen molar-refractivity contribution in [2.45, 2.75) is 12.5 Å². The van der Waals surface area contributed by atoms with Gasteiger partial charge in [-0.15, -0.1) is 0 Å². The van der Waals surface area contributed by atoms with Gasteiger partial charge in [0.15, 0.2) is 0 Å². The zero-order valence-electron chi connectivity index (χ0n) is 15.7. The second kappa shape index (κ2) is 8.30. The average Bonchev–Trinajstić information content (AvgIpc) is 2.73. The first-order valence-corrected chi connectivity index (χ1v) is 10.0. The fourth-order valence-electron chi connectivity index (χ4n) is 3.44. The third kappa shape index (κ3) is 3.95. The molecule has 4 aromatic rings. The molecule has 0 radical (unpaired) electrons. The van der Waals surface area contributed by atoms with Crippen molar-refractivity contribution in [3.05, 3.63) is 87.9 Å². The predicted octanol–water partition coefficient (Wildman–Crippen LogP) is 4.52. The third-order valence-electron chi connectivity index (χ3n) is 4.90. The quantitative estimate of drug-likeness (QED) is 0.450. The molecule has 2 amide bonds. The summed E-state index contributed by atoms with van der Waals surface area (Å²) in [6.07, 6.45) is 0.151. The van der Waals surface area contributed by atoms with Crippen LogP contribution in [0.25, 0.3) is 21.8 Å². The minimum atomic E-state index is -0.943. The number of para-hydroxylation sites is 2. The van der Waals surface area contributed by atoms with E-state index in [1.54, 1.807) is 18.2 Å². The number of hydrogen-bond acceptors (Lipinski definition) is 3. The van der Waals surface area contributed by atoms with E-state index >= 15 is 0 Å². The van der Waals surface area contributed by atoms with E-state index in [-0.39, 0.29) is 6.42 Å². The van der Waals surface area contributed by atoms with Gasteiger partial charge in [-0.3, -0.25) is 9.59 Å². The van der Waals surface area contributed by atoms with Gasteiger partial charge < -0.3 is 11.1 Å². The highest BCUT2D eigenvalue weighted by Crippen LogP contribution is 2.26. The molecule has 30 heavy (non-hydrogen) atoms. The zero-order valence-corrected chi connectivity index (χ0v) is 17.2. The highest BCUT2D eigenvalue weighted by molar-refractivity contribution is 6.35. The normalized spacial score (nSPS) is 12.1. The number of carbonyl (C=O) groups excluding carboxylic acids is 2. The van der Waals surface area contributed by atoms with E-state index < -0.39 is 17.9 Å². The van der Waals surface area contributed by atoms with E-state index in [4.69, 9.17) is 28.9 Å². The minimum Gasteiger partial charge on any atom is -0.368 e. The van der Waals surface area contributed by atoms with Gasteiger partial charge in [-0.25, -0.2) is 4.98 Å². The molecule has 150 valence electrons. The van der Waals surface area contributed by atoms with Crippen molar-refractivity contribution < 1.29 is 9.59 Å². The maximum absolute atomic E-state index is 13.3. The number of pyridine rings is 1. The van der Waals surface area contributed by atoms with Crippen LogP contribution in [0.5, 0.6) is 0 Å². The topological polar surface area (TPSA) is 85.1 Å². The number of fused-ring (bicyclic) bond motifs is 2. The largest absolute Gasteiger partial charge is 0.368 e. The molecule has 4 rings (SSSR count). The van der Waals surface area contributed by atoms with E-state index in [0.29, 0.717) is 43.0 Å². The van der Waals surface area contributed by atoms with Gasteiger partial charge in [0.25, 0.3) is 5.91 Å². The number of hydrogen-bond donors (Lipinski definition) is 2. The van der Waals surface area contributed by atoms with Crippen LogP contribution in [0, 0.1) is 0 Å². The Bertz CT molecular complexity index is 1240. The van der Waals surface area contributed by atoms with Crippen molar-refractivity contribution in [2.75, 3.05) is 0 Å². The number of halogens is 2. The van der Waals surface area contributed by atoms with E-state index in [9.17, 15) is 9.59 Å². The van der Waals surface area contributed by atoms with Crippen LogP contribution in [-0.2, 0) is 11.2 Å². The lowest BCUT2D eigenvalue weighted by Gasteiger charge is -2.18. The molecule has 0 aliphatic carbocycles. The lowest BCUT2D eigenvalue weighted by molar-refractivity contribution is -0.119. The van der Waals surface area contributed by atoms with Gasteiger partial charge in [0, 0.05) is 27.2 Å². The summed E-state index contributed by atoms with van der Waals surface area (Å²) in [5.74, 6) is -1.06. The first kappa shape index (κ1) is 20.1. The Labute approximate surface area is 182 Å². The summed E-state index contributed by atoms with van der Waals surface area (Å²) in [5, 5.41) is 5.06. The summed E-state index contributed by atoms with van der Waals surface area (Å²) in [4.78, 5) is 30.0. The molecule has 0 bridgehead atoms. The average molecular weight is 438 g/mol. The van der Waals surface area contributed by atoms with Gasteiger partial charge >= 0.3 is 0 Å². The first-order chi connectivity index (χ1) is 14.4. The van der Waals surface area contributed by atoms with E-state index in [1.165, 1.54) is 0 Å². The van der Waals surface area contributed by atoms with Gasteiger partial charge in [-0.1, -0.05) is 65.7 Å². The standard InChI is InChI=1S/C23H17Cl2N3O2/c24-14-10-9-13(17(25)12-14)11-20(22(26)29)28-23(30)21-15-5-1-3-7-18(15)27-19-8-4-2-6-16(19)21/h1-10,12,20H,11H2,(H2,26,29)(H,28,30)/t20-/m1/s1. The minimum absolute atomic E-state index is 0.151. The molecule has 5 nitrogen and oxygen atoms in total. The molecular weight excluding hydrogens is 421 g/mol. The fourth-order valence-corrected chi connectivity index (χ4v) is 3.93. The smallest absolute Gasteiger partial charge is 0.253 e. The monoisotopic (exact) mass is 437 g/mol. The molecule has 3 N–H and O–H groups in total. The molecule has 1 heterocycles. The summed E-state index contributed by atoms with van der Waals surface area (Å²) in [5.41, 5.74) is 8.08. The van der Waals surface area contributed by atoms with Gasteiger partial charge in [-0.2, -0.15) is 0 Å². The van der Waals surface area contributed by atoms with Crippen LogP contribution < -0.4 is 11.1 Å². The Morgan fingerprint density at radius 3 is 2.10 bits per heavy atom. The van der Waals surface area contributed by atoms with Crippen LogP contribution in [0.2, 0.25) is 10.0 Å². The van der Waals surface area contributed by atoms with Gasteiger partial charge in [-0.05, 0) is 29.8 Å². The predicted molar refractivity (Wildman–Crippen MR) is 120 cm³/mol. The molecule has 0 fully saturated rings. The Balaban J connectivity index is 1.74. The molecule has 0 aliphatic rings. The van der Waals surface area contributed by atoms with Gasteiger partial charge in [0.1, 0.15) is 6.04 Å². The number of amides is 2. The number of nitrogens with two attached hydrogens (primary N) is 1. The van der Waals surface area contributed by atoms with Crippen LogP contribution >= 0.6 is 23.2 Å². The summed E-state index contributed by atoms with van der Waals surface area (Å²) in [7, 11) is 0. The van der Waals surface area contributed by atoms with Crippen molar-refractivity contribution >= 4 is 56.8 Å². The van der Waals surface area contributed by atoms with Gasteiger partial charge in [0.2, 0.25) is 5.91 Å². The molecule has 3 aromatic carbocycles. The highest BCUT2D eigenvalue weighted by Gasteiger charge is 2.23. The first-order valence-electron chi connectivity index (χ1n) is 9.25. The number of aromatic nitrogens is 1. The van der Waals surface area contributed by atoms with E-state index in [2.05, 4.69) is 10.3 Å². The molecule has 7 heteroatoms. The number of carbonyl (C=O) groups is 2. The number of rotatable bonds is 5. The van der Waals surface area contributed by atoms with Crippen LogP contribution in [0.3, 0.4) is 0 Å². The Kier molecular flexibility index (Phi) is 5.57. The number of primary amides is 1. The van der Waals surface area contributed by atoms with Crippen molar-refractivity contribution in [2.24, 2.45) is 5.73 Å². The molecule has 0 aliphatic heterocycles. The summed E-state index contributed by atoms with van der Waals surface area (Å²) in [6.45, 7) is 0. The molecule has 0 saturated carbocycles. The SMILES string of the molecule is NC(=O)[C@@H](Cc1ccc(Cl)cc1Cl)NC(=O)c1c2ccccc2nc2ccccc12. The maximum atomic E-state index is 13.3. The number of nitrogens with one attached hydrogen (secondary N) is 1. The molecule has 1 aromatic heterocycles. The molecule has 0 saturated heterocycles. The number of nitrogens with zero attached hydrogens (tertiary/aromatic N) is 1. The molecule has 0 unspecified atom stereocenters. The third-order valence-corrected chi connectivity index (χ3v) is 5.49. The van der Waals surface area contributed by atoms with E-state index in [0.717, 1.165) is 0 Å². The Morgan fingerprint density at radius 2 is 1.53 bits per heavy atom. The molecule has 0 spiro atoms. The lowest BCUT2D eigenvalue weighted by atomic mass is 10.0.